The lowest BCUT2D eigenvalue weighted by atomic mass is 10.2. The first-order chi connectivity index (χ1) is 8.22. The average molecular weight is 237 g/mol. The third-order valence-corrected chi connectivity index (χ3v) is 2.17. The van der Waals surface area contributed by atoms with Gasteiger partial charge in [0.15, 0.2) is 0 Å². The molecule has 0 aliphatic heterocycles. The van der Waals surface area contributed by atoms with Gasteiger partial charge in [0.2, 0.25) is 11.8 Å². The summed E-state index contributed by atoms with van der Waals surface area (Å²) in [5.74, 6) is 1.16. The summed E-state index contributed by atoms with van der Waals surface area (Å²) in [4.78, 5) is 14.8. The van der Waals surface area contributed by atoms with Gasteiger partial charge in [-0.15, -0.1) is 0 Å². The smallest absolute Gasteiger partial charge is 0.217 e. The van der Waals surface area contributed by atoms with Gasteiger partial charge in [0.1, 0.15) is 5.82 Å². The summed E-state index contributed by atoms with van der Waals surface area (Å²) < 4.78 is 5.29. The first kappa shape index (κ1) is 13.3. The van der Waals surface area contributed by atoms with E-state index in [-0.39, 0.29) is 5.91 Å². The fraction of sp³-hybridized carbons (Fsp3) is 0.500. The van der Waals surface area contributed by atoms with E-state index < -0.39 is 0 Å². The number of aromatic nitrogens is 1. The van der Waals surface area contributed by atoms with Crippen LogP contribution in [0.5, 0.6) is 5.88 Å². The lowest BCUT2D eigenvalue weighted by Crippen LogP contribution is -2.11. The highest BCUT2D eigenvalue weighted by Gasteiger charge is 1.98. The standard InChI is InChI=1S/C12H19N3O2/c1-2-17-12-8-5-7-11(15-12)14-9-4-3-6-10(13)16/h5,7-8H,2-4,6,9H2,1H3,(H2,13,16)(H,14,15). The van der Waals surface area contributed by atoms with Crippen LogP contribution in [0.2, 0.25) is 0 Å². The lowest BCUT2D eigenvalue weighted by molar-refractivity contribution is -0.118. The number of rotatable bonds is 8. The van der Waals surface area contributed by atoms with E-state index in [0.717, 1.165) is 25.2 Å². The van der Waals surface area contributed by atoms with Crippen LogP contribution in [0.1, 0.15) is 26.2 Å². The van der Waals surface area contributed by atoms with Gasteiger partial charge in [0.05, 0.1) is 6.61 Å². The largest absolute Gasteiger partial charge is 0.478 e. The zero-order valence-electron chi connectivity index (χ0n) is 10.1. The Morgan fingerprint density at radius 1 is 1.47 bits per heavy atom. The van der Waals surface area contributed by atoms with E-state index in [1.807, 2.05) is 25.1 Å². The van der Waals surface area contributed by atoms with Crippen LogP contribution in [0, 0.1) is 0 Å². The minimum atomic E-state index is -0.249. The van der Waals surface area contributed by atoms with Crippen LogP contribution in [-0.4, -0.2) is 24.0 Å². The van der Waals surface area contributed by atoms with Crippen molar-refractivity contribution in [3.05, 3.63) is 18.2 Å². The number of nitrogens with one attached hydrogen (secondary N) is 1. The SMILES string of the molecule is CCOc1cccc(NCCCCC(N)=O)n1. The van der Waals surface area contributed by atoms with Crippen LogP contribution < -0.4 is 15.8 Å². The number of amides is 1. The second-order valence-corrected chi connectivity index (χ2v) is 3.64. The van der Waals surface area contributed by atoms with E-state index in [1.54, 1.807) is 0 Å². The van der Waals surface area contributed by atoms with Gasteiger partial charge < -0.3 is 15.8 Å². The molecule has 1 aromatic heterocycles. The Labute approximate surface area is 101 Å². The van der Waals surface area contributed by atoms with Crippen molar-refractivity contribution < 1.29 is 9.53 Å². The van der Waals surface area contributed by atoms with Gasteiger partial charge >= 0.3 is 0 Å². The number of nitrogens with two attached hydrogens (primary N) is 1. The third-order valence-electron chi connectivity index (χ3n) is 2.17. The molecular formula is C12H19N3O2. The molecule has 17 heavy (non-hydrogen) atoms. The van der Waals surface area contributed by atoms with Crippen molar-refractivity contribution in [3.63, 3.8) is 0 Å². The number of primary amides is 1. The molecule has 0 aliphatic rings. The highest BCUT2D eigenvalue weighted by molar-refractivity contribution is 5.73. The maximum atomic E-state index is 10.5. The van der Waals surface area contributed by atoms with E-state index in [1.165, 1.54) is 0 Å². The monoisotopic (exact) mass is 237 g/mol. The molecule has 0 bridgehead atoms. The molecule has 0 unspecified atom stereocenters. The van der Waals surface area contributed by atoms with Gasteiger partial charge in [-0.05, 0) is 25.8 Å². The second-order valence-electron chi connectivity index (χ2n) is 3.64. The van der Waals surface area contributed by atoms with Crippen molar-refractivity contribution in [1.29, 1.82) is 0 Å². The Balaban J connectivity index is 2.26. The van der Waals surface area contributed by atoms with Gasteiger partial charge in [0.25, 0.3) is 0 Å². The van der Waals surface area contributed by atoms with E-state index in [9.17, 15) is 4.79 Å². The zero-order chi connectivity index (χ0) is 12.5. The van der Waals surface area contributed by atoms with Gasteiger partial charge in [-0.25, -0.2) is 0 Å². The highest BCUT2D eigenvalue weighted by atomic mass is 16.5. The molecular weight excluding hydrogens is 218 g/mol. The highest BCUT2D eigenvalue weighted by Crippen LogP contribution is 2.11. The van der Waals surface area contributed by atoms with Crippen molar-refractivity contribution >= 4 is 11.7 Å². The van der Waals surface area contributed by atoms with Crippen LogP contribution in [0.3, 0.4) is 0 Å². The number of hydrogen-bond acceptors (Lipinski definition) is 4. The number of ether oxygens (including phenoxy) is 1. The zero-order valence-corrected chi connectivity index (χ0v) is 10.1. The van der Waals surface area contributed by atoms with E-state index in [0.29, 0.717) is 18.9 Å². The summed E-state index contributed by atoms with van der Waals surface area (Å²) in [7, 11) is 0. The molecule has 94 valence electrons. The molecule has 1 rings (SSSR count). The Morgan fingerprint density at radius 2 is 2.29 bits per heavy atom. The van der Waals surface area contributed by atoms with Crippen LogP contribution >= 0.6 is 0 Å². The van der Waals surface area contributed by atoms with Crippen molar-refractivity contribution in [1.82, 2.24) is 4.98 Å². The number of nitrogens with zero attached hydrogens (tertiary/aromatic N) is 1. The van der Waals surface area contributed by atoms with Gasteiger partial charge in [-0.3, -0.25) is 4.79 Å². The molecule has 0 aromatic carbocycles. The number of anilines is 1. The predicted octanol–water partition coefficient (Wildman–Crippen LogP) is 1.55. The summed E-state index contributed by atoms with van der Waals surface area (Å²) in [6, 6.07) is 5.60. The average Bonchev–Trinajstić information content (AvgIpc) is 2.29. The van der Waals surface area contributed by atoms with E-state index in [2.05, 4.69) is 10.3 Å². The molecule has 1 heterocycles. The molecule has 5 nitrogen and oxygen atoms in total. The predicted molar refractivity (Wildman–Crippen MR) is 66.9 cm³/mol. The molecule has 0 aliphatic carbocycles. The summed E-state index contributed by atoms with van der Waals surface area (Å²) in [6.07, 6.45) is 2.13. The van der Waals surface area contributed by atoms with E-state index in [4.69, 9.17) is 10.5 Å². The number of carbonyl (C=O) groups excluding carboxylic acids is 1. The molecule has 3 N–H and O–H groups in total. The Morgan fingerprint density at radius 3 is 3.00 bits per heavy atom. The minimum Gasteiger partial charge on any atom is -0.478 e. The molecule has 1 amide bonds. The number of unbranched alkanes of at least 4 members (excludes halogenated alkanes) is 1. The van der Waals surface area contributed by atoms with Crippen LogP contribution in [-0.2, 0) is 4.79 Å². The Kier molecular flexibility index (Phi) is 5.85. The third kappa shape index (κ3) is 5.75. The van der Waals surface area contributed by atoms with Gasteiger partial charge in [-0.2, -0.15) is 4.98 Å². The molecule has 0 saturated carbocycles. The molecule has 1 aromatic rings. The van der Waals surface area contributed by atoms with Crippen LogP contribution in [0.25, 0.3) is 0 Å². The summed E-state index contributed by atoms with van der Waals surface area (Å²) in [5.41, 5.74) is 5.05. The molecule has 5 heteroatoms. The lowest BCUT2D eigenvalue weighted by Gasteiger charge is -2.07. The van der Waals surface area contributed by atoms with Crippen molar-refractivity contribution in [2.45, 2.75) is 26.2 Å². The molecule has 0 radical (unpaired) electrons. The fourth-order valence-electron chi connectivity index (χ4n) is 1.38. The Bertz CT molecular complexity index is 355. The van der Waals surface area contributed by atoms with Crippen molar-refractivity contribution in [3.8, 4) is 5.88 Å². The first-order valence-electron chi connectivity index (χ1n) is 5.84. The number of pyridine rings is 1. The normalized spacial score (nSPS) is 9.94. The quantitative estimate of drug-likeness (QED) is 0.672. The van der Waals surface area contributed by atoms with Crippen LogP contribution in [0.15, 0.2) is 18.2 Å². The second kappa shape index (κ2) is 7.49. The summed E-state index contributed by atoms with van der Waals surface area (Å²) in [5, 5.41) is 3.17. The Hall–Kier alpha value is -1.78. The molecule has 0 saturated heterocycles. The van der Waals surface area contributed by atoms with Crippen LogP contribution in [0.4, 0.5) is 5.82 Å². The van der Waals surface area contributed by atoms with Gasteiger partial charge in [0, 0.05) is 19.0 Å². The molecule has 0 fully saturated rings. The summed E-state index contributed by atoms with van der Waals surface area (Å²) in [6.45, 7) is 3.30. The minimum absolute atomic E-state index is 0.249. The first-order valence-corrected chi connectivity index (χ1v) is 5.84. The summed E-state index contributed by atoms with van der Waals surface area (Å²) >= 11 is 0. The maximum Gasteiger partial charge on any atom is 0.217 e. The maximum absolute atomic E-state index is 10.5. The van der Waals surface area contributed by atoms with Crippen molar-refractivity contribution in [2.75, 3.05) is 18.5 Å². The molecule has 0 atom stereocenters. The van der Waals surface area contributed by atoms with Gasteiger partial charge in [-0.1, -0.05) is 6.07 Å². The van der Waals surface area contributed by atoms with E-state index >= 15 is 0 Å². The fourth-order valence-corrected chi connectivity index (χ4v) is 1.38. The number of carbonyl (C=O) groups is 1. The van der Waals surface area contributed by atoms with Crippen molar-refractivity contribution in [2.24, 2.45) is 5.73 Å². The number of hydrogen-bond donors (Lipinski definition) is 2. The molecule has 0 spiro atoms. The topological polar surface area (TPSA) is 77.2 Å².